The molecule has 2 N–H and O–H groups in total. The fourth-order valence-corrected chi connectivity index (χ4v) is 2.48. The molecule has 7 nitrogen and oxygen atoms in total. The number of guanidine groups is 1. The molecular weight excluding hydrogens is 366 g/mol. The number of hydrogen-bond acceptors (Lipinski definition) is 5. The monoisotopic (exact) mass is 393 g/mol. The van der Waals surface area contributed by atoms with E-state index in [-0.39, 0.29) is 0 Å². The molecule has 0 amide bonds. The fourth-order valence-electron chi connectivity index (χ4n) is 2.35. The van der Waals surface area contributed by atoms with E-state index in [1.807, 2.05) is 38.1 Å². The zero-order valence-electron chi connectivity index (χ0n) is 16.0. The third-order valence-corrected chi connectivity index (χ3v) is 3.97. The van der Waals surface area contributed by atoms with E-state index in [1.54, 1.807) is 0 Å². The molecule has 0 aliphatic heterocycles. The van der Waals surface area contributed by atoms with Crippen LogP contribution in [0.1, 0.15) is 32.6 Å². The predicted octanol–water partition coefficient (Wildman–Crippen LogP) is 3.30. The van der Waals surface area contributed by atoms with Crippen LogP contribution in [0, 0.1) is 0 Å². The highest BCUT2D eigenvalue weighted by molar-refractivity contribution is 6.30. The average molecular weight is 394 g/mol. The number of nitrogens with one attached hydrogen (secondary N) is 2. The number of aromatic nitrogens is 2. The first-order chi connectivity index (χ1) is 13.2. The Balaban J connectivity index is 1.76. The summed E-state index contributed by atoms with van der Waals surface area (Å²) in [6.45, 7) is 7.85. The quantitative estimate of drug-likeness (QED) is 0.346. The summed E-state index contributed by atoms with van der Waals surface area (Å²) in [6, 6.07) is 7.36. The summed E-state index contributed by atoms with van der Waals surface area (Å²) in [5, 5.41) is 11.2. The van der Waals surface area contributed by atoms with Crippen LogP contribution in [0.5, 0.6) is 0 Å². The van der Waals surface area contributed by atoms with E-state index in [0.29, 0.717) is 29.7 Å². The second kappa shape index (κ2) is 12.3. The molecule has 2 rings (SSSR count). The van der Waals surface area contributed by atoms with Gasteiger partial charge in [-0.05, 0) is 51.0 Å². The van der Waals surface area contributed by atoms with Gasteiger partial charge < -0.3 is 19.9 Å². The Hall–Kier alpha value is -2.12. The van der Waals surface area contributed by atoms with Crippen molar-refractivity contribution in [3.63, 3.8) is 0 Å². The van der Waals surface area contributed by atoms with Crippen LogP contribution in [0.4, 0.5) is 0 Å². The van der Waals surface area contributed by atoms with Crippen LogP contribution in [0.25, 0.3) is 11.4 Å². The highest BCUT2D eigenvalue weighted by atomic mass is 35.5. The lowest BCUT2D eigenvalue weighted by Gasteiger charge is -2.10. The van der Waals surface area contributed by atoms with Crippen LogP contribution < -0.4 is 10.6 Å². The molecule has 2 aromatic rings. The zero-order chi connectivity index (χ0) is 19.3. The molecule has 0 unspecified atom stereocenters. The van der Waals surface area contributed by atoms with Gasteiger partial charge in [0.15, 0.2) is 5.96 Å². The topological polar surface area (TPSA) is 84.6 Å². The first kappa shape index (κ1) is 21.2. The van der Waals surface area contributed by atoms with Gasteiger partial charge in [0.25, 0.3) is 0 Å². The van der Waals surface area contributed by atoms with Crippen LogP contribution in [0.3, 0.4) is 0 Å². The van der Waals surface area contributed by atoms with Crippen LogP contribution in [0.15, 0.2) is 33.8 Å². The van der Waals surface area contributed by atoms with Crippen LogP contribution >= 0.6 is 11.6 Å². The van der Waals surface area contributed by atoms with Crippen molar-refractivity contribution in [1.29, 1.82) is 0 Å². The number of benzene rings is 1. The molecule has 0 saturated heterocycles. The number of halogens is 1. The molecule has 1 aromatic carbocycles. The molecule has 0 saturated carbocycles. The van der Waals surface area contributed by atoms with E-state index in [4.69, 9.17) is 20.9 Å². The van der Waals surface area contributed by atoms with Crippen molar-refractivity contribution in [2.75, 3.05) is 32.8 Å². The van der Waals surface area contributed by atoms with Crippen molar-refractivity contribution < 1.29 is 9.26 Å². The van der Waals surface area contributed by atoms with Gasteiger partial charge in [0.2, 0.25) is 11.7 Å². The fraction of sp³-hybridized carbons (Fsp3) is 0.526. The number of hydrogen-bond donors (Lipinski definition) is 2. The Kier molecular flexibility index (Phi) is 9.65. The van der Waals surface area contributed by atoms with Crippen molar-refractivity contribution in [2.45, 2.75) is 33.1 Å². The number of unbranched alkanes of at least 4 members (excludes halogenated alkanes) is 1. The molecule has 0 atom stereocenters. The number of nitrogens with zero attached hydrogens (tertiary/aromatic N) is 3. The van der Waals surface area contributed by atoms with Crippen molar-refractivity contribution in [1.82, 2.24) is 20.8 Å². The average Bonchev–Trinajstić information content (AvgIpc) is 3.14. The maximum atomic E-state index is 5.90. The molecule has 1 heterocycles. The Labute approximate surface area is 165 Å². The van der Waals surface area contributed by atoms with Gasteiger partial charge >= 0.3 is 0 Å². The predicted molar refractivity (Wildman–Crippen MR) is 108 cm³/mol. The molecule has 0 bridgehead atoms. The molecular formula is C19H28ClN5O2. The Morgan fingerprint density at radius 2 is 2.00 bits per heavy atom. The SMILES string of the molecule is CCNC(=NCCCCOCC)NCCc1nc(-c2ccc(Cl)cc2)no1. The Bertz CT molecular complexity index is 688. The Morgan fingerprint density at radius 1 is 1.19 bits per heavy atom. The van der Waals surface area contributed by atoms with Gasteiger partial charge in [-0.15, -0.1) is 0 Å². The molecule has 27 heavy (non-hydrogen) atoms. The molecule has 0 radical (unpaired) electrons. The van der Waals surface area contributed by atoms with E-state index < -0.39 is 0 Å². The third-order valence-electron chi connectivity index (χ3n) is 3.72. The lowest BCUT2D eigenvalue weighted by molar-refractivity contribution is 0.144. The Morgan fingerprint density at radius 3 is 2.74 bits per heavy atom. The summed E-state index contributed by atoms with van der Waals surface area (Å²) in [6.07, 6.45) is 2.65. The summed E-state index contributed by atoms with van der Waals surface area (Å²) in [5.74, 6) is 1.95. The van der Waals surface area contributed by atoms with Crippen LogP contribution in [-0.4, -0.2) is 48.9 Å². The minimum absolute atomic E-state index is 0.566. The van der Waals surface area contributed by atoms with Crippen molar-refractivity contribution in [3.05, 3.63) is 35.2 Å². The molecule has 0 aliphatic carbocycles. The van der Waals surface area contributed by atoms with Gasteiger partial charge in [0, 0.05) is 49.9 Å². The van der Waals surface area contributed by atoms with Crippen LogP contribution in [-0.2, 0) is 11.2 Å². The second-order valence-corrected chi connectivity index (χ2v) is 6.30. The van der Waals surface area contributed by atoms with Crippen molar-refractivity contribution >= 4 is 17.6 Å². The highest BCUT2D eigenvalue weighted by Crippen LogP contribution is 2.18. The summed E-state index contributed by atoms with van der Waals surface area (Å²) < 4.78 is 10.7. The maximum absolute atomic E-state index is 5.90. The zero-order valence-corrected chi connectivity index (χ0v) is 16.8. The normalized spacial score (nSPS) is 11.6. The smallest absolute Gasteiger partial charge is 0.228 e. The van der Waals surface area contributed by atoms with Gasteiger partial charge in [0.1, 0.15) is 0 Å². The number of aliphatic imine (C=N–C) groups is 1. The van der Waals surface area contributed by atoms with E-state index in [2.05, 4.69) is 25.8 Å². The minimum Gasteiger partial charge on any atom is -0.382 e. The maximum Gasteiger partial charge on any atom is 0.228 e. The lowest BCUT2D eigenvalue weighted by atomic mass is 10.2. The second-order valence-electron chi connectivity index (χ2n) is 5.86. The largest absolute Gasteiger partial charge is 0.382 e. The van der Waals surface area contributed by atoms with Crippen molar-refractivity contribution in [2.24, 2.45) is 4.99 Å². The molecule has 0 aliphatic rings. The van der Waals surface area contributed by atoms with Gasteiger partial charge in [-0.1, -0.05) is 16.8 Å². The standard InChI is InChI=1S/C19H28ClN5O2/c1-3-21-19(22-12-5-6-14-26-4-2)23-13-11-17-24-18(25-27-17)15-7-9-16(20)10-8-15/h7-10H,3-6,11-14H2,1-2H3,(H2,21,22,23). The van der Waals surface area contributed by atoms with Crippen LogP contribution in [0.2, 0.25) is 5.02 Å². The summed E-state index contributed by atoms with van der Waals surface area (Å²) in [7, 11) is 0. The minimum atomic E-state index is 0.566. The van der Waals surface area contributed by atoms with Gasteiger partial charge in [-0.3, -0.25) is 4.99 Å². The lowest BCUT2D eigenvalue weighted by Crippen LogP contribution is -2.38. The molecule has 148 valence electrons. The number of rotatable bonds is 11. The first-order valence-electron chi connectivity index (χ1n) is 9.41. The molecule has 0 spiro atoms. The van der Waals surface area contributed by atoms with E-state index in [0.717, 1.165) is 50.7 Å². The van der Waals surface area contributed by atoms with Gasteiger partial charge in [-0.25, -0.2) is 0 Å². The highest BCUT2D eigenvalue weighted by Gasteiger charge is 2.08. The first-order valence-corrected chi connectivity index (χ1v) is 9.79. The molecule has 8 heteroatoms. The van der Waals surface area contributed by atoms with Crippen molar-refractivity contribution in [3.8, 4) is 11.4 Å². The van der Waals surface area contributed by atoms with Gasteiger partial charge in [0.05, 0.1) is 0 Å². The van der Waals surface area contributed by atoms with E-state index in [9.17, 15) is 0 Å². The summed E-state index contributed by atoms with van der Waals surface area (Å²) in [5.41, 5.74) is 0.879. The molecule has 0 fully saturated rings. The number of ether oxygens (including phenoxy) is 1. The van der Waals surface area contributed by atoms with E-state index in [1.165, 1.54) is 0 Å². The third kappa shape index (κ3) is 7.97. The van der Waals surface area contributed by atoms with Gasteiger partial charge in [-0.2, -0.15) is 4.98 Å². The molecule has 1 aromatic heterocycles. The van der Waals surface area contributed by atoms with E-state index >= 15 is 0 Å². The summed E-state index contributed by atoms with van der Waals surface area (Å²) >= 11 is 5.90. The summed E-state index contributed by atoms with van der Waals surface area (Å²) in [4.78, 5) is 8.98.